The van der Waals surface area contributed by atoms with E-state index in [2.05, 4.69) is 14.5 Å². The zero-order chi connectivity index (χ0) is 23.1. The molecule has 2 fully saturated rings. The van der Waals surface area contributed by atoms with Gasteiger partial charge in [0.15, 0.2) is 0 Å². The zero-order valence-corrected chi connectivity index (χ0v) is 19.3. The molecule has 0 aliphatic carbocycles. The number of halogens is 5. The van der Waals surface area contributed by atoms with E-state index in [0.29, 0.717) is 35.7 Å². The number of hydrogen-bond donors (Lipinski definition) is 1. The van der Waals surface area contributed by atoms with Crippen LogP contribution in [0.3, 0.4) is 0 Å². The molecule has 4 rings (SSSR count). The fourth-order valence-electron chi connectivity index (χ4n) is 4.40. The summed E-state index contributed by atoms with van der Waals surface area (Å²) in [5.74, 6) is 0. The van der Waals surface area contributed by atoms with E-state index >= 15 is 0 Å². The topological polar surface area (TPSA) is 52.7 Å². The van der Waals surface area contributed by atoms with E-state index in [9.17, 15) is 21.6 Å². The van der Waals surface area contributed by atoms with Crippen LogP contribution in [-0.4, -0.2) is 43.6 Å². The molecule has 2 atom stereocenters. The van der Waals surface area contributed by atoms with Gasteiger partial charge in [0.1, 0.15) is 0 Å². The van der Waals surface area contributed by atoms with E-state index in [1.807, 2.05) is 12.1 Å². The third-order valence-electron chi connectivity index (χ3n) is 5.88. The number of nitrogens with zero attached hydrogens (tertiary/aromatic N) is 2. The lowest BCUT2D eigenvalue weighted by molar-refractivity contribution is -0.137. The first-order valence-corrected chi connectivity index (χ1v) is 12.4. The summed E-state index contributed by atoms with van der Waals surface area (Å²) >= 11 is 12.2. The molecule has 0 spiro atoms. The van der Waals surface area contributed by atoms with Gasteiger partial charge in [-0.1, -0.05) is 29.3 Å². The highest BCUT2D eigenvalue weighted by Crippen LogP contribution is 2.33. The van der Waals surface area contributed by atoms with E-state index in [4.69, 9.17) is 23.2 Å². The van der Waals surface area contributed by atoms with Crippen molar-refractivity contribution < 1.29 is 21.6 Å². The fourth-order valence-corrected chi connectivity index (χ4v) is 6.26. The fraction of sp³-hybridized carbons (Fsp3) is 0.429. The summed E-state index contributed by atoms with van der Waals surface area (Å²) in [6, 6.07) is 9.38. The van der Waals surface area contributed by atoms with Crippen molar-refractivity contribution in [1.29, 1.82) is 0 Å². The molecule has 0 saturated carbocycles. The molecule has 2 aliphatic rings. The summed E-state index contributed by atoms with van der Waals surface area (Å²) < 4.78 is 67.3. The van der Waals surface area contributed by atoms with Gasteiger partial charge >= 0.3 is 6.18 Å². The van der Waals surface area contributed by atoms with Gasteiger partial charge in [0.05, 0.1) is 23.3 Å². The highest BCUT2D eigenvalue weighted by atomic mass is 35.5. The standard InChI is InChI=1S/C21H22Cl2F3N3O2S/c22-16-8-14(9-17(23)11-16)12-28-7-6-18-4-5-20(29(18)13-28)27-32(30,31)19-3-1-2-15(10-19)21(24,25)26/h1-3,8-11,18,20,27H,4-7,12-13H2/t18-,20+/m0/s1. The smallest absolute Gasteiger partial charge is 0.286 e. The van der Waals surface area contributed by atoms with Gasteiger partial charge in [-0.05, 0) is 61.2 Å². The van der Waals surface area contributed by atoms with Crippen molar-refractivity contribution >= 4 is 33.2 Å². The third-order valence-corrected chi connectivity index (χ3v) is 7.77. The lowest BCUT2D eigenvalue weighted by Gasteiger charge is -2.40. The van der Waals surface area contributed by atoms with Gasteiger partial charge in [0.25, 0.3) is 0 Å². The Hall–Kier alpha value is -1.36. The Morgan fingerprint density at radius 3 is 2.44 bits per heavy atom. The summed E-state index contributed by atoms with van der Waals surface area (Å²) in [4.78, 5) is 3.86. The third kappa shape index (κ3) is 5.40. The molecule has 0 amide bonds. The molecule has 0 unspecified atom stereocenters. The van der Waals surface area contributed by atoms with Crippen LogP contribution in [0.2, 0.25) is 10.0 Å². The Morgan fingerprint density at radius 1 is 1.03 bits per heavy atom. The van der Waals surface area contributed by atoms with Gasteiger partial charge in [-0.3, -0.25) is 9.80 Å². The molecular formula is C21H22Cl2F3N3O2S. The molecule has 11 heteroatoms. The van der Waals surface area contributed by atoms with Crippen LogP contribution < -0.4 is 4.72 Å². The van der Waals surface area contributed by atoms with Crippen molar-refractivity contribution in [3.63, 3.8) is 0 Å². The van der Waals surface area contributed by atoms with Gasteiger partial charge < -0.3 is 0 Å². The minimum Gasteiger partial charge on any atom is -0.286 e. The van der Waals surface area contributed by atoms with Crippen LogP contribution in [0.25, 0.3) is 0 Å². The number of alkyl halides is 3. The van der Waals surface area contributed by atoms with Crippen LogP contribution >= 0.6 is 23.2 Å². The first-order valence-electron chi connectivity index (χ1n) is 10.1. The van der Waals surface area contributed by atoms with E-state index in [0.717, 1.165) is 37.1 Å². The number of nitrogens with one attached hydrogen (secondary N) is 1. The molecule has 2 saturated heterocycles. The van der Waals surface area contributed by atoms with E-state index in [-0.39, 0.29) is 6.04 Å². The monoisotopic (exact) mass is 507 g/mol. The molecule has 2 aliphatic heterocycles. The van der Waals surface area contributed by atoms with Crippen LogP contribution in [0.15, 0.2) is 47.4 Å². The SMILES string of the molecule is O=S(=O)(N[C@H]1CC[C@H]2CCN(Cc3cc(Cl)cc(Cl)c3)CN21)c1cccc(C(F)(F)F)c1. The molecule has 2 heterocycles. The number of sulfonamides is 1. The minimum absolute atomic E-state index is 0.225. The molecule has 174 valence electrons. The Labute approximate surface area is 195 Å². The molecule has 0 bridgehead atoms. The van der Waals surface area contributed by atoms with Crippen molar-refractivity contribution in [1.82, 2.24) is 14.5 Å². The van der Waals surface area contributed by atoms with E-state index in [1.54, 1.807) is 6.07 Å². The summed E-state index contributed by atoms with van der Waals surface area (Å²) in [5.41, 5.74) is -0.0322. The Bertz CT molecular complexity index is 1080. The van der Waals surface area contributed by atoms with E-state index < -0.39 is 32.8 Å². The van der Waals surface area contributed by atoms with Gasteiger partial charge in [0, 0.05) is 29.2 Å². The molecule has 32 heavy (non-hydrogen) atoms. The second-order valence-corrected chi connectivity index (χ2v) is 10.8. The predicted octanol–water partition coefficient (Wildman–Crippen LogP) is 4.94. The van der Waals surface area contributed by atoms with E-state index in [1.165, 1.54) is 6.07 Å². The molecule has 5 nitrogen and oxygen atoms in total. The van der Waals surface area contributed by atoms with Crippen LogP contribution in [-0.2, 0) is 22.7 Å². The lowest BCUT2D eigenvalue weighted by atomic mass is 10.1. The quantitative estimate of drug-likeness (QED) is 0.622. The number of fused-ring (bicyclic) bond motifs is 1. The Balaban J connectivity index is 1.47. The summed E-state index contributed by atoms with van der Waals surface area (Å²) in [5, 5.41) is 1.10. The second kappa shape index (κ2) is 9.12. The number of benzene rings is 2. The minimum atomic E-state index is -4.61. The van der Waals surface area contributed by atoms with Gasteiger partial charge in [-0.15, -0.1) is 0 Å². The first kappa shape index (κ1) is 23.8. The summed E-state index contributed by atoms with van der Waals surface area (Å²) in [6.07, 6.45) is -2.80. The molecular weight excluding hydrogens is 486 g/mol. The van der Waals surface area contributed by atoms with Crippen LogP contribution in [0.5, 0.6) is 0 Å². The second-order valence-electron chi connectivity index (χ2n) is 8.17. The average molecular weight is 508 g/mol. The maximum Gasteiger partial charge on any atom is 0.416 e. The first-order chi connectivity index (χ1) is 15.0. The number of hydrogen-bond acceptors (Lipinski definition) is 4. The van der Waals surface area contributed by atoms with Crippen LogP contribution in [0, 0.1) is 0 Å². The van der Waals surface area contributed by atoms with Crippen molar-refractivity contribution in [2.75, 3.05) is 13.2 Å². The molecule has 1 N–H and O–H groups in total. The molecule has 0 radical (unpaired) electrons. The zero-order valence-electron chi connectivity index (χ0n) is 16.9. The number of rotatable bonds is 5. The summed E-state index contributed by atoms with van der Waals surface area (Å²) in [6.45, 7) is 1.99. The van der Waals surface area contributed by atoms with Crippen molar-refractivity contribution in [2.24, 2.45) is 0 Å². The maximum absolute atomic E-state index is 13.0. The normalized spacial score (nSPS) is 22.8. The van der Waals surface area contributed by atoms with Gasteiger partial charge in [0.2, 0.25) is 10.0 Å². The highest BCUT2D eigenvalue weighted by molar-refractivity contribution is 7.89. The van der Waals surface area contributed by atoms with Crippen molar-refractivity contribution in [3.8, 4) is 0 Å². The van der Waals surface area contributed by atoms with Crippen LogP contribution in [0.1, 0.15) is 30.4 Å². The Morgan fingerprint density at radius 2 is 1.75 bits per heavy atom. The molecule has 2 aromatic carbocycles. The van der Waals surface area contributed by atoms with Gasteiger partial charge in [-0.2, -0.15) is 17.9 Å². The molecule has 2 aromatic rings. The van der Waals surface area contributed by atoms with Crippen molar-refractivity contribution in [3.05, 3.63) is 63.6 Å². The largest absolute Gasteiger partial charge is 0.416 e. The average Bonchev–Trinajstić information content (AvgIpc) is 3.08. The molecule has 0 aromatic heterocycles. The lowest BCUT2D eigenvalue weighted by Crippen LogP contribution is -2.54. The summed E-state index contributed by atoms with van der Waals surface area (Å²) in [7, 11) is -4.11. The van der Waals surface area contributed by atoms with Crippen LogP contribution in [0.4, 0.5) is 13.2 Å². The highest BCUT2D eigenvalue weighted by Gasteiger charge is 2.39. The predicted molar refractivity (Wildman–Crippen MR) is 117 cm³/mol. The van der Waals surface area contributed by atoms with Crippen molar-refractivity contribution in [2.45, 2.75) is 49.1 Å². The Kier molecular flexibility index (Phi) is 6.78. The van der Waals surface area contributed by atoms with Gasteiger partial charge in [-0.25, -0.2) is 8.42 Å². The maximum atomic E-state index is 13.0.